The molecule has 8 heteroatoms. The molecular formula is C13H21N3O3S2. The Kier molecular flexibility index (Phi) is 4.60. The van der Waals surface area contributed by atoms with Crippen LogP contribution in [0.5, 0.6) is 0 Å². The number of nitrogens with zero attached hydrogens (tertiary/aromatic N) is 2. The fourth-order valence-corrected chi connectivity index (χ4v) is 5.10. The molecule has 2 heterocycles. The van der Waals surface area contributed by atoms with Crippen molar-refractivity contribution in [2.75, 3.05) is 49.6 Å². The van der Waals surface area contributed by atoms with Gasteiger partial charge in [0.15, 0.2) is 15.6 Å². The average Bonchev–Trinajstić information content (AvgIpc) is 2.78. The smallest absolute Gasteiger partial charge is 0.183 e. The van der Waals surface area contributed by atoms with Crippen molar-refractivity contribution in [2.45, 2.75) is 18.7 Å². The largest absolute Gasteiger partial charge is 0.396 e. The predicted octanol–water partition coefficient (Wildman–Crippen LogP) is 1.08. The van der Waals surface area contributed by atoms with Crippen LogP contribution in [-0.2, 0) is 9.84 Å². The Balaban J connectivity index is 2.54. The maximum absolute atomic E-state index is 12.4. The number of ketones is 1. The predicted molar refractivity (Wildman–Crippen MR) is 86.2 cm³/mol. The van der Waals surface area contributed by atoms with Crippen molar-refractivity contribution in [3.05, 3.63) is 4.88 Å². The van der Waals surface area contributed by atoms with Gasteiger partial charge in [0, 0.05) is 33.1 Å². The molecule has 0 radical (unpaired) electrons. The summed E-state index contributed by atoms with van der Waals surface area (Å²) < 4.78 is 24.7. The highest BCUT2D eigenvalue weighted by atomic mass is 32.2. The molecule has 1 aliphatic heterocycles. The third kappa shape index (κ3) is 3.07. The Bertz CT molecular complexity index is 644. The van der Waals surface area contributed by atoms with Gasteiger partial charge in [0.1, 0.15) is 9.90 Å². The first kappa shape index (κ1) is 16.3. The summed E-state index contributed by atoms with van der Waals surface area (Å²) in [6, 6.07) is 0. The molecule has 21 heavy (non-hydrogen) atoms. The van der Waals surface area contributed by atoms with Crippen molar-refractivity contribution >= 4 is 37.6 Å². The second-order valence-corrected chi connectivity index (χ2v) is 8.44. The molecule has 0 unspecified atom stereocenters. The van der Waals surface area contributed by atoms with E-state index in [-0.39, 0.29) is 22.1 Å². The lowest BCUT2D eigenvalue weighted by molar-refractivity contribution is 0.102. The Morgan fingerprint density at radius 1 is 1.29 bits per heavy atom. The molecule has 0 atom stereocenters. The quantitative estimate of drug-likeness (QED) is 0.831. The maximum atomic E-state index is 12.4. The first-order chi connectivity index (χ1) is 9.77. The van der Waals surface area contributed by atoms with E-state index < -0.39 is 9.84 Å². The number of nitrogen functional groups attached to an aromatic ring is 1. The number of piperazine rings is 1. The lowest BCUT2D eigenvalue weighted by atomic mass is 10.3. The molecule has 1 saturated heterocycles. The van der Waals surface area contributed by atoms with E-state index in [1.54, 1.807) is 6.92 Å². The standard InChI is InChI=1S/C13H21N3O3S2/c1-4-21(18,19)12-10(14)11(9(2)17)20-13(12)16-7-5-15(3)6-8-16/h4-8,14H2,1-3H3. The van der Waals surface area contributed by atoms with Gasteiger partial charge in [-0.05, 0) is 7.05 Å². The minimum absolute atomic E-state index is 0.0218. The van der Waals surface area contributed by atoms with Gasteiger partial charge in [-0.25, -0.2) is 8.42 Å². The molecule has 0 amide bonds. The Labute approximate surface area is 129 Å². The lowest BCUT2D eigenvalue weighted by Gasteiger charge is -2.33. The zero-order valence-electron chi connectivity index (χ0n) is 12.5. The van der Waals surface area contributed by atoms with Crippen molar-refractivity contribution in [1.82, 2.24) is 4.90 Å². The summed E-state index contributed by atoms with van der Waals surface area (Å²) in [5, 5.41) is 0.618. The van der Waals surface area contributed by atoms with Crippen LogP contribution < -0.4 is 10.6 Å². The summed E-state index contributed by atoms with van der Waals surface area (Å²) in [6.45, 7) is 6.20. The summed E-state index contributed by atoms with van der Waals surface area (Å²) in [4.78, 5) is 16.4. The van der Waals surface area contributed by atoms with Gasteiger partial charge in [0.2, 0.25) is 0 Å². The minimum atomic E-state index is -3.46. The van der Waals surface area contributed by atoms with E-state index in [0.717, 1.165) is 26.2 Å². The Morgan fingerprint density at radius 2 is 1.86 bits per heavy atom. The maximum Gasteiger partial charge on any atom is 0.183 e. The van der Waals surface area contributed by atoms with Crippen molar-refractivity contribution in [2.24, 2.45) is 0 Å². The van der Waals surface area contributed by atoms with Gasteiger partial charge in [-0.1, -0.05) is 6.92 Å². The molecule has 0 saturated carbocycles. The van der Waals surface area contributed by atoms with Crippen LogP contribution in [0.15, 0.2) is 4.90 Å². The van der Waals surface area contributed by atoms with Crippen LogP contribution in [0.1, 0.15) is 23.5 Å². The highest BCUT2D eigenvalue weighted by molar-refractivity contribution is 7.92. The Morgan fingerprint density at radius 3 is 2.33 bits per heavy atom. The number of sulfone groups is 1. The summed E-state index contributed by atoms with van der Waals surface area (Å²) in [5.41, 5.74) is 6.09. The number of thiophene rings is 1. The summed E-state index contributed by atoms with van der Waals surface area (Å²) in [6.07, 6.45) is 0. The molecule has 118 valence electrons. The van der Waals surface area contributed by atoms with Crippen LogP contribution in [0, 0.1) is 0 Å². The molecule has 1 aromatic rings. The van der Waals surface area contributed by atoms with Crippen LogP contribution in [0.25, 0.3) is 0 Å². The molecule has 2 rings (SSSR count). The van der Waals surface area contributed by atoms with Gasteiger partial charge in [0.25, 0.3) is 0 Å². The van der Waals surface area contributed by atoms with Gasteiger partial charge in [0.05, 0.1) is 16.3 Å². The number of carbonyl (C=O) groups excluding carboxylic acids is 1. The number of hydrogen-bond acceptors (Lipinski definition) is 7. The zero-order chi connectivity index (χ0) is 15.8. The number of carbonyl (C=O) groups is 1. The minimum Gasteiger partial charge on any atom is -0.396 e. The molecule has 1 aromatic heterocycles. The van der Waals surface area contributed by atoms with E-state index in [4.69, 9.17) is 5.73 Å². The first-order valence-electron chi connectivity index (χ1n) is 6.87. The molecule has 6 nitrogen and oxygen atoms in total. The summed E-state index contributed by atoms with van der Waals surface area (Å²) in [5.74, 6) is -0.211. The second-order valence-electron chi connectivity index (χ2n) is 5.23. The van der Waals surface area contributed by atoms with Gasteiger partial charge >= 0.3 is 0 Å². The summed E-state index contributed by atoms with van der Waals surface area (Å²) in [7, 11) is -1.42. The van der Waals surface area contributed by atoms with E-state index in [9.17, 15) is 13.2 Å². The van der Waals surface area contributed by atoms with Gasteiger partial charge in [-0.3, -0.25) is 4.79 Å². The van der Waals surface area contributed by atoms with E-state index in [1.165, 1.54) is 18.3 Å². The van der Waals surface area contributed by atoms with E-state index in [1.807, 2.05) is 11.9 Å². The highest BCUT2D eigenvalue weighted by Gasteiger charge is 2.31. The molecule has 0 aromatic carbocycles. The molecule has 2 N–H and O–H groups in total. The number of Topliss-reactive ketones (excluding diaryl/α,β-unsaturated/α-hetero) is 1. The second kappa shape index (κ2) is 5.94. The molecular weight excluding hydrogens is 310 g/mol. The molecule has 0 bridgehead atoms. The van der Waals surface area contributed by atoms with Crippen LogP contribution in [-0.4, -0.2) is 58.1 Å². The van der Waals surface area contributed by atoms with Gasteiger partial charge in [-0.15, -0.1) is 11.3 Å². The number of hydrogen-bond donors (Lipinski definition) is 1. The van der Waals surface area contributed by atoms with Crippen molar-refractivity contribution in [1.29, 1.82) is 0 Å². The first-order valence-corrected chi connectivity index (χ1v) is 9.34. The van der Waals surface area contributed by atoms with Crippen LogP contribution >= 0.6 is 11.3 Å². The van der Waals surface area contributed by atoms with Crippen molar-refractivity contribution in [3.63, 3.8) is 0 Å². The van der Waals surface area contributed by atoms with Crippen LogP contribution in [0.4, 0.5) is 10.7 Å². The number of anilines is 2. The third-order valence-electron chi connectivity index (χ3n) is 3.68. The fourth-order valence-electron chi connectivity index (χ4n) is 2.34. The normalized spacial score (nSPS) is 17.2. The van der Waals surface area contributed by atoms with Crippen LogP contribution in [0.3, 0.4) is 0 Å². The van der Waals surface area contributed by atoms with Crippen molar-refractivity contribution in [3.8, 4) is 0 Å². The van der Waals surface area contributed by atoms with Gasteiger partial charge < -0.3 is 15.5 Å². The lowest BCUT2D eigenvalue weighted by Crippen LogP contribution is -2.44. The number of rotatable bonds is 4. The van der Waals surface area contributed by atoms with Crippen LogP contribution in [0.2, 0.25) is 0 Å². The van der Waals surface area contributed by atoms with E-state index in [0.29, 0.717) is 9.88 Å². The molecule has 1 aliphatic rings. The SMILES string of the molecule is CCS(=O)(=O)c1c(N2CCN(C)CC2)sc(C(C)=O)c1N. The molecule has 1 fully saturated rings. The van der Waals surface area contributed by atoms with E-state index >= 15 is 0 Å². The Hall–Kier alpha value is -1.12. The molecule has 0 aliphatic carbocycles. The van der Waals surface area contributed by atoms with Crippen molar-refractivity contribution < 1.29 is 13.2 Å². The fraction of sp³-hybridized carbons (Fsp3) is 0.615. The zero-order valence-corrected chi connectivity index (χ0v) is 14.2. The monoisotopic (exact) mass is 331 g/mol. The van der Waals surface area contributed by atoms with E-state index in [2.05, 4.69) is 4.90 Å². The molecule has 0 spiro atoms. The summed E-state index contributed by atoms with van der Waals surface area (Å²) >= 11 is 1.20. The average molecular weight is 331 g/mol. The third-order valence-corrected chi connectivity index (χ3v) is 6.98. The van der Waals surface area contributed by atoms with Gasteiger partial charge in [-0.2, -0.15) is 0 Å². The number of likely N-dealkylation sites (N-methyl/N-ethyl adjacent to an activating group) is 1. The number of nitrogens with two attached hydrogens (primary N) is 1. The topological polar surface area (TPSA) is 83.7 Å². The highest BCUT2D eigenvalue weighted by Crippen LogP contribution is 2.42.